The molecule has 0 atom stereocenters. The van der Waals surface area contributed by atoms with Crippen molar-refractivity contribution >= 4 is 17.7 Å². The molecule has 7 nitrogen and oxygen atoms in total. The van der Waals surface area contributed by atoms with Gasteiger partial charge in [0.25, 0.3) is 5.89 Å². The number of pyridine rings is 1. The second kappa shape index (κ2) is 9.03. The van der Waals surface area contributed by atoms with E-state index in [1.807, 2.05) is 24.3 Å². The van der Waals surface area contributed by atoms with Gasteiger partial charge in [-0.2, -0.15) is 10.2 Å². The van der Waals surface area contributed by atoms with Crippen molar-refractivity contribution in [1.82, 2.24) is 15.1 Å². The summed E-state index contributed by atoms with van der Waals surface area (Å²) in [6, 6.07) is 20.0. The molecular formula is C22H14N4O3S. The first-order valence-electron chi connectivity index (χ1n) is 8.90. The van der Waals surface area contributed by atoms with Crippen molar-refractivity contribution in [3.05, 3.63) is 90.1 Å². The van der Waals surface area contributed by atoms with Gasteiger partial charge in [0.2, 0.25) is 5.82 Å². The fourth-order valence-electron chi connectivity index (χ4n) is 2.62. The molecule has 8 heteroatoms. The van der Waals surface area contributed by atoms with Crippen molar-refractivity contribution in [2.24, 2.45) is 0 Å². The van der Waals surface area contributed by atoms with Crippen molar-refractivity contribution in [2.75, 3.05) is 0 Å². The van der Waals surface area contributed by atoms with Gasteiger partial charge in [-0.3, -0.25) is 4.98 Å². The Morgan fingerprint density at radius 3 is 2.67 bits per heavy atom. The van der Waals surface area contributed by atoms with Crippen LogP contribution in [0.2, 0.25) is 0 Å². The summed E-state index contributed by atoms with van der Waals surface area (Å²) in [6.07, 6.45) is 3.27. The number of esters is 1. The van der Waals surface area contributed by atoms with Crippen LogP contribution in [0.5, 0.6) is 0 Å². The van der Waals surface area contributed by atoms with Crippen LogP contribution in [0.3, 0.4) is 0 Å². The van der Waals surface area contributed by atoms with Gasteiger partial charge in [-0.05, 0) is 36.4 Å². The van der Waals surface area contributed by atoms with Crippen LogP contribution in [0.25, 0.3) is 11.4 Å². The zero-order chi connectivity index (χ0) is 20.8. The summed E-state index contributed by atoms with van der Waals surface area (Å²) < 4.78 is 10.5. The van der Waals surface area contributed by atoms with E-state index < -0.39 is 5.97 Å². The minimum Gasteiger partial charge on any atom is -0.452 e. The quantitative estimate of drug-likeness (QED) is 0.425. The van der Waals surface area contributed by atoms with E-state index in [0.29, 0.717) is 27.4 Å². The highest BCUT2D eigenvalue weighted by Gasteiger charge is 2.17. The molecular weight excluding hydrogens is 400 g/mol. The molecule has 0 aliphatic heterocycles. The highest BCUT2D eigenvalue weighted by atomic mass is 32.2. The molecule has 0 radical (unpaired) electrons. The number of hydrogen-bond donors (Lipinski definition) is 0. The average molecular weight is 414 g/mol. The lowest BCUT2D eigenvalue weighted by Crippen LogP contribution is -2.07. The van der Waals surface area contributed by atoms with Gasteiger partial charge in [-0.15, -0.1) is 0 Å². The lowest BCUT2D eigenvalue weighted by molar-refractivity contribution is 0.0425. The maximum atomic E-state index is 12.7. The molecule has 0 saturated carbocycles. The van der Waals surface area contributed by atoms with Crippen LogP contribution in [-0.2, 0) is 11.3 Å². The molecule has 2 aromatic carbocycles. The minimum atomic E-state index is -0.520. The molecule has 30 heavy (non-hydrogen) atoms. The number of ether oxygens (including phenoxy) is 1. The Labute approximate surface area is 176 Å². The molecule has 2 aromatic heterocycles. The van der Waals surface area contributed by atoms with E-state index in [0.717, 1.165) is 4.90 Å². The SMILES string of the molecule is N#Cc1ccccc1Sc1ccccc1C(=O)OCc1nc(-c2cccnc2)no1. The summed E-state index contributed by atoms with van der Waals surface area (Å²) in [6.45, 7) is -0.153. The molecule has 0 aliphatic carbocycles. The largest absolute Gasteiger partial charge is 0.452 e. The van der Waals surface area contributed by atoms with Gasteiger partial charge in [0.05, 0.1) is 11.1 Å². The van der Waals surface area contributed by atoms with Gasteiger partial charge in [0.1, 0.15) is 6.07 Å². The molecule has 0 spiro atoms. The van der Waals surface area contributed by atoms with E-state index >= 15 is 0 Å². The highest BCUT2D eigenvalue weighted by molar-refractivity contribution is 7.99. The third kappa shape index (κ3) is 4.37. The standard InChI is InChI=1S/C22H14N4O3S/c23-12-15-6-1-3-9-18(15)30-19-10-4-2-8-17(19)22(27)28-14-20-25-21(26-29-20)16-7-5-11-24-13-16/h1-11,13H,14H2. The maximum Gasteiger partial charge on any atom is 0.339 e. The second-order valence-corrected chi connectivity index (χ2v) is 7.12. The summed E-state index contributed by atoms with van der Waals surface area (Å²) in [5.74, 6) is 0.0362. The lowest BCUT2D eigenvalue weighted by Gasteiger charge is -2.09. The number of hydrogen-bond acceptors (Lipinski definition) is 8. The predicted octanol–water partition coefficient (Wildman–Crippen LogP) is 4.51. The first-order valence-corrected chi connectivity index (χ1v) is 9.72. The molecule has 0 bridgehead atoms. The monoisotopic (exact) mass is 414 g/mol. The third-order valence-electron chi connectivity index (χ3n) is 4.05. The number of aromatic nitrogens is 3. The van der Waals surface area contributed by atoms with Crippen molar-refractivity contribution in [3.8, 4) is 17.5 Å². The zero-order valence-corrected chi connectivity index (χ0v) is 16.4. The van der Waals surface area contributed by atoms with Crippen LogP contribution in [0.4, 0.5) is 0 Å². The summed E-state index contributed by atoms with van der Waals surface area (Å²) in [5, 5.41) is 13.2. The Morgan fingerprint density at radius 2 is 1.87 bits per heavy atom. The van der Waals surface area contributed by atoms with Crippen LogP contribution in [-0.4, -0.2) is 21.1 Å². The fraction of sp³-hybridized carbons (Fsp3) is 0.0455. The summed E-state index contributed by atoms with van der Waals surface area (Å²) in [5.41, 5.74) is 1.64. The van der Waals surface area contributed by atoms with Gasteiger partial charge in [-0.1, -0.05) is 41.2 Å². The van der Waals surface area contributed by atoms with E-state index in [1.165, 1.54) is 11.8 Å². The zero-order valence-electron chi connectivity index (χ0n) is 15.6. The van der Waals surface area contributed by atoms with Crippen molar-refractivity contribution < 1.29 is 14.1 Å². The fourth-order valence-corrected chi connectivity index (χ4v) is 3.64. The van der Waals surface area contributed by atoms with Gasteiger partial charge < -0.3 is 9.26 Å². The highest BCUT2D eigenvalue weighted by Crippen LogP contribution is 2.33. The van der Waals surface area contributed by atoms with E-state index in [4.69, 9.17) is 9.26 Å². The predicted molar refractivity (Wildman–Crippen MR) is 108 cm³/mol. The number of nitrogens with zero attached hydrogens (tertiary/aromatic N) is 4. The van der Waals surface area contributed by atoms with E-state index in [-0.39, 0.29) is 12.5 Å². The molecule has 0 amide bonds. The molecule has 0 unspecified atom stereocenters. The molecule has 0 aliphatic rings. The number of rotatable bonds is 6. The minimum absolute atomic E-state index is 0.153. The van der Waals surface area contributed by atoms with Crippen LogP contribution in [0.15, 0.2) is 87.4 Å². The molecule has 4 aromatic rings. The van der Waals surface area contributed by atoms with Crippen LogP contribution < -0.4 is 0 Å². The number of carbonyl (C=O) groups is 1. The summed E-state index contributed by atoms with van der Waals surface area (Å²) in [7, 11) is 0. The second-order valence-electron chi connectivity index (χ2n) is 6.04. The molecule has 4 rings (SSSR count). The number of benzene rings is 2. The number of nitriles is 1. The number of carbonyl (C=O) groups excluding carboxylic acids is 1. The van der Waals surface area contributed by atoms with Crippen molar-refractivity contribution in [1.29, 1.82) is 5.26 Å². The molecule has 0 fully saturated rings. The Hall–Kier alpha value is -3.96. The van der Waals surface area contributed by atoms with E-state index in [2.05, 4.69) is 21.2 Å². The Morgan fingerprint density at radius 1 is 1.07 bits per heavy atom. The normalized spacial score (nSPS) is 10.4. The van der Waals surface area contributed by atoms with Crippen LogP contribution >= 0.6 is 11.8 Å². The Balaban J connectivity index is 1.47. The van der Waals surface area contributed by atoms with Crippen molar-refractivity contribution in [3.63, 3.8) is 0 Å². The van der Waals surface area contributed by atoms with Gasteiger partial charge in [-0.25, -0.2) is 4.79 Å². The van der Waals surface area contributed by atoms with Crippen LogP contribution in [0.1, 0.15) is 21.8 Å². The van der Waals surface area contributed by atoms with E-state index in [9.17, 15) is 10.1 Å². The smallest absolute Gasteiger partial charge is 0.339 e. The molecule has 0 saturated heterocycles. The maximum absolute atomic E-state index is 12.7. The Kier molecular flexibility index (Phi) is 5.83. The molecule has 2 heterocycles. The van der Waals surface area contributed by atoms with Crippen LogP contribution in [0, 0.1) is 11.3 Å². The Bertz CT molecular complexity index is 1220. The van der Waals surface area contributed by atoms with Gasteiger partial charge >= 0.3 is 5.97 Å². The summed E-state index contributed by atoms with van der Waals surface area (Å²) in [4.78, 5) is 22.3. The van der Waals surface area contributed by atoms with Gasteiger partial charge in [0, 0.05) is 27.7 Å². The first kappa shape index (κ1) is 19.4. The lowest BCUT2D eigenvalue weighted by atomic mass is 10.2. The summed E-state index contributed by atoms with van der Waals surface area (Å²) >= 11 is 1.34. The topological polar surface area (TPSA) is 102 Å². The first-order chi connectivity index (χ1) is 14.7. The van der Waals surface area contributed by atoms with Gasteiger partial charge in [0.15, 0.2) is 6.61 Å². The molecule has 146 valence electrons. The van der Waals surface area contributed by atoms with Crippen molar-refractivity contribution in [2.45, 2.75) is 16.4 Å². The molecule has 0 N–H and O–H groups in total. The van der Waals surface area contributed by atoms with E-state index in [1.54, 1.807) is 48.8 Å². The average Bonchev–Trinajstić information content (AvgIpc) is 3.28. The third-order valence-corrected chi connectivity index (χ3v) is 5.20.